The van der Waals surface area contributed by atoms with Crippen LogP contribution in [-0.2, 0) is 5.41 Å². The van der Waals surface area contributed by atoms with Crippen molar-refractivity contribution in [1.29, 1.82) is 0 Å². The number of benzene rings is 9. The summed E-state index contributed by atoms with van der Waals surface area (Å²) in [5.74, 6) is 3.18. The average molecular weight is 818 g/mol. The molecule has 5 unspecified atom stereocenters. The van der Waals surface area contributed by atoms with E-state index in [4.69, 9.17) is 0 Å². The monoisotopic (exact) mass is 817 g/mol. The number of anilines is 3. The van der Waals surface area contributed by atoms with Gasteiger partial charge in [-0.3, -0.25) is 0 Å². The molecule has 6 aliphatic rings. The van der Waals surface area contributed by atoms with Crippen LogP contribution >= 0.6 is 0 Å². The number of hydrogen-bond acceptors (Lipinski definition) is 1. The van der Waals surface area contributed by atoms with Crippen LogP contribution in [0.4, 0.5) is 17.1 Å². The molecular formula is C63H47N. The molecule has 64 heavy (non-hydrogen) atoms. The van der Waals surface area contributed by atoms with Gasteiger partial charge in [0.2, 0.25) is 0 Å². The summed E-state index contributed by atoms with van der Waals surface area (Å²) >= 11 is 0. The first-order chi connectivity index (χ1) is 31.7. The van der Waals surface area contributed by atoms with Crippen molar-refractivity contribution in [2.45, 2.75) is 31.1 Å². The zero-order chi connectivity index (χ0) is 41.9. The van der Waals surface area contributed by atoms with E-state index in [1.54, 1.807) is 11.1 Å². The fraction of sp³-hybridized carbons (Fsp3) is 0.143. The van der Waals surface area contributed by atoms with Gasteiger partial charge in [-0.15, -0.1) is 0 Å². The normalized spacial score (nSPS) is 21.2. The molecule has 0 N–H and O–H groups in total. The van der Waals surface area contributed by atoms with Gasteiger partial charge in [0.15, 0.2) is 0 Å². The molecule has 0 heterocycles. The van der Waals surface area contributed by atoms with Crippen molar-refractivity contribution in [2.24, 2.45) is 23.7 Å². The van der Waals surface area contributed by atoms with Crippen LogP contribution in [0.1, 0.15) is 36.8 Å². The zero-order valence-corrected chi connectivity index (χ0v) is 35.8. The zero-order valence-electron chi connectivity index (χ0n) is 35.8. The Balaban J connectivity index is 1.03. The van der Waals surface area contributed by atoms with E-state index in [-0.39, 0.29) is 5.41 Å². The predicted molar refractivity (Wildman–Crippen MR) is 266 cm³/mol. The minimum atomic E-state index is 0.0951. The summed E-state index contributed by atoms with van der Waals surface area (Å²) in [6.45, 7) is 0. The fourth-order valence-electron chi connectivity index (χ4n) is 13.9. The second-order valence-corrected chi connectivity index (χ2v) is 19.2. The molecule has 0 aromatic heterocycles. The Morgan fingerprint density at radius 3 is 1.58 bits per heavy atom. The molecule has 0 saturated heterocycles. The fourth-order valence-corrected chi connectivity index (χ4v) is 13.9. The van der Waals surface area contributed by atoms with Crippen LogP contribution in [-0.4, -0.2) is 0 Å². The third-order valence-corrected chi connectivity index (χ3v) is 16.2. The van der Waals surface area contributed by atoms with Crippen LogP contribution in [0.25, 0.3) is 77.9 Å². The Kier molecular flexibility index (Phi) is 7.87. The van der Waals surface area contributed by atoms with Crippen LogP contribution in [0.3, 0.4) is 0 Å². The van der Waals surface area contributed by atoms with E-state index in [9.17, 15) is 0 Å². The van der Waals surface area contributed by atoms with Gasteiger partial charge in [-0.05, 0) is 169 Å². The van der Waals surface area contributed by atoms with Gasteiger partial charge in [-0.25, -0.2) is 0 Å². The maximum absolute atomic E-state index is 2.60. The van der Waals surface area contributed by atoms with Gasteiger partial charge in [0.25, 0.3) is 0 Å². The summed E-state index contributed by atoms with van der Waals surface area (Å²) in [5.41, 5.74) is 24.7. The van der Waals surface area contributed by atoms with Gasteiger partial charge in [0.05, 0.1) is 5.69 Å². The topological polar surface area (TPSA) is 3.24 Å². The van der Waals surface area contributed by atoms with E-state index in [2.05, 4.69) is 217 Å². The molecule has 4 fully saturated rings. The lowest BCUT2D eigenvalue weighted by molar-refractivity contribution is 0.191. The van der Waals surface area contributed by atoms with Crippen LogP contribution in [0, 0.1) is 23.7 Å². The lowest BCUT2D eigenvalue weighted by atomic mass is 9.59. The van der Waals surface area contributed by atoms with E-state index in [0.717, 1.165) is 23.4 Å². The molecule has 0 radical (unpaired) electrons. The van der Waals surface area contributed by atoms with Crippen LogP contribution in [0.15, 0.2) is 212 Å². The highest BCUT2D eigenvalue weighted by atomic mass is 15.1. The van der Waals surface area contributed by atoms with Gasteiger partial charge in [-0.1, -0.05) is 176 Å². The summed E-state index contributed by atoms with van der Waals surface area (Å²) in [5, 5.41) is 0. The number of rotatable bonds is 5. The van der Waals surface area contributed by atoms with Gasteiger partial charge >= 0.3 is 0 Å². The van der Waals surface area contributed by atoms with Crippen LogP contribution in [0.2, 0.25) is 0 Å². The molecule has 304 valence electrons. The molecule has 4 saturated carbocycles. The van der Waals surface area contributed by atoms with Crippen molar-refractivity contribution in [2.75, 3.05) is 4.90 Å². The third kappa shape index (κ3) is 5.13. The summed E-state index contributed by atoms with van der Waals surface area (Å²) in [7, 11) is 0. The molecule has 0 amide bonds. The predicted octanol–water partition coefficient (Wildman–Crippen LogP) is 16.8. The first-order valence-corrected chi connectivity index (χ1v) is 23.4. The smallest absolute Gasteiger partial charge is 0.0543 e. The van der Waals surface area contributed by atoms with Gasteiger partial charge in [0, 0.05) is 22.4 Å². The summed E-state index contributed by atoms with van der Waals surface area (Å²) < 4.78 is 0. The Morgan fingerprint density at radius 2 is 0.875 bits per heavy atom. The second-order valence-electron chi connectivity index (χ2n) is 19.2. The van der Waals surface area contributed by atoms with Crippen molar-refractivity contribution in [3.05, 3.63) is 223 Å². The van der Waals surface area contributed by atoms with Crippen molar-refractivity contribution >= 4 is 17.1 Å². The van der Waals surface area contributed by atoms with E-state index in [1.807, 2.05) is 0 Å². The lowest BCUT2D eigenvalue weighted by Gasteiger charge is -2.44. The molecule has 6 aliphatic carbocycles. The highest BCUT2D eigenvalue weighted by molar-refractivity contribution is 6.05. The molecule has 1 spiro atoms. The maximum atomic E-state index is 2.60. The minimum absolute atomic E-state index is 0.0951. The maximum Gasteiger partial charge on any atom is 0.0543 e. The summed E-state index contributed by atoms with van der Waals surface area (Å²) in [4.78, 5) is 2.60. The molecule has 0 aliphatic heterocycles. The standard InChI is InChI=1S/C63H47N/c1-3-15-41(16-4-1)43-19-13-20-47(37-43)64(61-28-14-27-59-62(61)55-25-11-12-26-58(55)63(59)46-34-40-33-45(36-46)60(63)35-40)48-30-32-54-53-31-29-44(42-17-5-2-6-18-42)38-56(53)51-23-9-7-21-49(51)50-22-8-10-24-52(50)57(54)39-48/h1-32,37-40,45-46,60H,33-36H2. The Morgan fingerprint density at radius 1 is 0.344 bits per heavy atom. The van der Waals surface area contributed by atoms with Crippen LogP contribution in [0.5, 0.6) is 0 Å². The third-order valence-electron chi connectivity index (χ3n) is 16.2. The van der Waals surface area contributed by atoms with Gasteiger partial charge in [-0.2, -0.15) is 0 Å². The molecule has 9 aromatic rings. The molecule has 4 bridgehead atoms. The van der Waals surface area contributed by atoms with Crippen molar-refractivity contribution < 1.29 is 0 Å². The van der Waals surface area contributed by atoms with Crippen molar-refractivity contribution in [3.63, 3.8) is 0 Å². The molecule has 1 nitrogen and oxygen atoms in total. The van der Waals surface area contributed by atoms with Crippen LogP contribution < -0.4 is 4.90 Å². The molecular weight excluding hydrogens is 771 g/mol. The highest BCUT2D eigenvalue weighted by Crippen LogP contribution is 2.73. The SMILES string of the molecule is c1ccc(-c2cccc(N(c3ccc4c(c3)-c3ccccc3-c3ccccc3-c3cc(-c5ccccc5)ccc3-4)c3cccc4c3-c3ccccc3C43C4CC5CC(C4)C3C5)c2)cc1. The van der Waals surface area contributed by atoms with Crippen molar-refractivity contribution in [3.8, 4) is 77.9 Å². The quantitative estimate of drug-likeness (QED) is 0.167. The Bertz CT molecular complexity index is 3320. The second kappa shape index (κ2) is 13.9. The van der Waals surface area contributed by atoms with Crippen molar-refractivity contribution in [1.82, 2.24) is 0 Å². The first-order valence-electron chi connectivity index (χ1n) is 23.4. The molecule has 5 atom stereocenters. The number of nitrogens with zero attached hydrogens (tertiary/aromatic N) is 1. The lowest BCUT2D eigenvalue weighted by Crippen LogP contribution is -2.40. The molecule has 15 rings (SSSR count). The van der Waals surface area contributed by atoms with Gasteiger partial charge in [0.1, 0.15) is 0 Å². The van der Waals surface area contributed by atoms with E-state index in [0.29, 0.717) is 5.92 Å². The number of fused-ring (bicyclic) bond motifs is 11. The Labute approximate surface area is 376 Å². The Hall–Kier alpha value is -7.22. The molecule has 1 heteroatoms. The summed E-state index contributed by atoms with van der Waals surface area (Å²) in [6, 6.07) is 80.3. The summed E-state index contributed by atoms with van der Waals surface area (Å²) in [6.07, 6.45) is 5.55. The van der Waals surface area contributed by atoms with E-state index < -0.39 is 0 Å². The first kappa shape index (κ1) is 36.3. The highest BCUT2D eigenvalue weighted by Gasteiger charge is 2.66. The largest absolute Gasteiger partial charge is 0.310 e. The van der Waals surface area contributed by atoms with E-state index in [1.165, 1.54) is 115 Å². The van der Waals surface area contributed by atoms with E-state index >= 15 is 0 Å². The van der Waals surface area contributed by atoms with Gasteiger partial charge < -0.3 is 4.90 Å². The minimum Gasteiger partial charge on any atom is -0.310 e. The number of hydrogen-bond donors (Lipinski definition) is 0. The average Bonchev–Trinajstić information content (AvgIpc) is 3.91. The molecule has 9 aromatic carbocycles.